The van der Waals surface area contributed by atoms with Crippen molar-refractivity contribution in [2.45, 2.75) is 0 Å². The molecule has 0 radical (unpaired) electrons. The molecule has 3 nitrogen and oxygen atoms in total. The molecular weight excluding hydrogens is 116 g/mol. The number of nitrogens with two attached hydrogens (primary N) is 1. The maximum Gasteiger partial charge on any atom is 1.00 e. The van der Waals surface area contributed by atoms with Gasteiger partial charge in [-0.2, -0.15) is 0 Å². The predicted molar refractivity (Wildman–Crippen MR) is 20.2 cm³/mol. The summed E-state index contributed by atoms with van der Waals surface area (Å²) in [6, 6.07) is -1.48. The van der Waals surface area contributed by atoms with Crippen LogP contribution in [0.1, 0.15) is 1.43 Å². The van der Waals surface area contributed by atoms with Crippen molar-refractivity contribution in [3.05, 3.63) is 0 Å². The summed E-state index contributed by atoms with van der Waals surface area (Å²) in [5, 5.41) is 4.13. The molecule has 0 saturated heterocycles. The van der Waals surface area contributed by atoms with Crippen LogP contribution in [-0.4, -0.2) is 14.4 Å². The molecule has 6 heteroatoms. The monoisotopic (exact) mass is 121 g/mol. The molecule has 0 aliphatic rings. The van der Waals surface area contributed by atoms with Crippen LogP contribution in [0.4, 0.5) is 4.39 Å². The average Bonchev–Trinajstić information content (AvgIpc) is 1.35. The van der Waals surface area contributed by atoms with E-state index < -0.39 is 16.0 Å². The van der Waals surface area contributed by atoms with Crippen LogP contribution in [0.15, 0.2) is 0 Å². The largest absolute Gasteiger partial charge is 1.00 e. The van der Waals surface area contributed by atoms with E-state index in [0.717, 1.165) is 0 Å². The Morgan fingerprint density at radius 2 is 1.86 bits per heavy atom. The third-order valence-electron chi connectivity index (χ3n) is 0.152. The number of primary sulfonamides is 1. The summed E-state index contributed by atoms with van der Waals surface area (Å²) in [7, 11) is -3.83. The van der Waals surface area contributed by atoms with Gasteiger partial charge in [-0.15, -0.1) is 0 Å². The molecule has 0 amide bonds. The van der Waals surface area contributed by atoms with Crippen molar-refractivity contribution in [1.82, 2.24) is 0 Å². The minimum absolute atomic E-state index is 0. The SMILES string of the molecule is NS(=O)(=O)CF.[H-].[Li+]. The predicted octanol–water partition coefficient (Wildman–Crippen LogP) is -3.68. The Labute approximate surface area is 54.8 Å². The molecule has 0 rings (SSSR count). The molecule has 0 aromatic rings. The van der Waals surface area contributed by atoms with Crippen molar-refractivity contribution < 1.29 is 33.1 Å². The minimum Gasteiger partial charge on any atom is -1.00 e. The van der Waals surface area contributed by atoms with Crippen LogP contribution in [0.3, 0.4) is 0 Å². The molecule has 0 aliphatic heterocycles. The van der Waals surface area contributed by atoms with Crippen LogP contribution in [0, 0.1) is 0 Å². The number of hydrogen-bond donors (Lipinski definition) is 1. The molecule has 0 saturated carbocycles. The molecule has 40 valence electrons. The average molecular weight is 121 g/mol. The zero-order chi connectivity index (χ0) is 5.21. The van der Waals surface area contributed by atoms with E-state index in [9.17, 15) is 12.8 Å². The van der Waals surface area contributed by atoms with Crippen LogP contribution in [0.2, 0.25) is 0 Å². The topological polar surface area (TPSA) is 60.2 Å². The van der Waals surface area contributed by atoms with Crippen molar-refractivity contribution in [3.8, 4) is 0 Å². The van der Waals surface area contributed by atoms with Crippen LogP contribution < -0.4 is 24.0 Å². The van der Waals surface area contributed by atoms with Crippen molar-refractivity contribution in [1.29, 1.82) is 0 Å². The smallest absolute Gasteiger partial charge is 1.00 e. The van der Waals surface area contributed by atoms with E-state index >= 15 is 0 Å². The Hall–Kier alpha value is 0.437. The van der Waals surface area contributed by atoms with E-state index in [0.29, 0.717) is 0 Å². The van der Waals surface area contributed by atoms with E-state index in [4.69, 9.17) is 0 Å². The van der Waals surface area contributed by atoms with Gasteiger partial charge in [0.2, 0.25) is 16.0 Å². The second-order valence-electron chi connectivity index (χ2n) is 0.772. The zero-order valence-electron chi connectivity index (χ0n) is 4.89. The molecule has 0 bridgehead atoms. The fourth-order valence-corrected chi connectivity index (χ4v) is 0. The first-order chi connectivity index (χ1) is 2.56. The summed E-state index contributed by atoms with van der Waals surface area (Å²) in [6.45, 7) is 0. The Morgan fingerprint density at radius 1 is 1.71 bits per heavy atom. The molecule has 0 aliphatic carbocycles. The number of rotatable bonds is 1. The summed E-state index contributed by atoms with van der Waals surface area (Å²) in [4.78, 5) is 0. The number of alkyl halides is 1. The molecule has 0 fully saturated rings. The third-order valence-corrected chi connectivity index (χ3v) is 0.456. The summed E-state index contributed by atoms with van der Waals surface area (Å²) in [5.74, 6) is 0. The number of hydrogen-bond acceptors (Lipinski definition) is 2. The molecule has 0 atom stereocenters. The van der Waals surface area contributed by atoms with Crippen LogP contribution in [0.5, 0.6) is 0 Å². The van der Waals surface area contributed by atoms with Gasteiger partial charge in [-0.05, 0) is 0 Å². The summed E-state index contributed by atoms with van der Waals surface area (Å²) < 4.78 is 29.6. The van der Waals surface area contributed by atoms with E-state index in [-0.39, 0.29) is 20.3 Å². The molecule has 2 N–H and O–H groups in total. The van der Waals surface area contributed by atoms with Crippen LogP contribution in [0.25, 0.3) is 0 Å². The first-order valence-corrected chi connectivity index (χ1v) is 2.84. The van der Waals surface area contributed by atoms with Gasteiger partial charge in [0, 0.05) is 0 Å². The normalized spacial score (nSPS) is 10.0. The van der Waals surface area contributed by atoms with E-state index in [1.165, 1.54) is 0 Å². The van der Waals surface area contributed by atoms with Gasteiger partial charge in [0.15, 0.2) is 0 Å². The first-order valence-electron chi connectivity index (χ1n) is 1.12. The third kappa shape index (κ3) is 10.7. The summed E-state index contributed by atoms with van der Waals surface area (Å²) in [5.41, 5.74) is 0. The minimum atomic E-state index is -3.83. The summed E-state index contributed by atoms with van der Waals surface area (Å²) in [6.07, 6.45) is 0. The van der Waals surface area contributed by atoms with Crippen molar-refractivity contribution >= 4 is 10.0 Å². The van der Waals surface area contributed by atoms with E-state index in [1.54, 1.807) is 0 Å². The van der Waals surface area contributed by atoms with Crippen molar-refractivity contribution in [2.75, 3.05) is 6.01 Å². The molecule has 0 aromatic carbocycles. The maximum absolute atomic E-state index is 10.8. The van der Waals surface area contributed by atoms with E-state index in [1.807, 2.05) is 0 Å². The standard InChI is InChI=1S/CH4FNO2S.Li.H/c2-1-6(3,4)5;;/h1H2,(H2,3,4,5);;/q;+1;-1. The number of halogens is 1. The Balaban J connectivity index is -0.000000125. The van der Waals surface area contributed by atoms with Crippen molar-refractivity contribution in [3.63, 3.8) is 0 Å². The van der Waals surface area contributed by atoms with Crippen molar-refractivity contribution in [2.24, 2.45) is 5.14 Å². The van der Waals surface area contributed by atoms with Gasteiger partial charge in [-0.3, -0.25) is 0 Å². The van der Waals surface area contributed by atoms with Gasteiger partial charge in [-0.1, -0.05) is 0 Å². The second-order valence-corrected chi connectivity index (χ2v) is 2.32. The van der Waals surface area contributed by atoms with Gasteiger partial charge in [-0.25, -0.2) is 17.9 Å². The molecule has 7 heavy (non-hydrogen) atoms. The number of sulfonamides is 1. The first kappa shape index (κ1) is 10.4. The Bertz CT molecular complexity index is 124. The van der Waals surface area contributed by atoms with Gasteiger partial charge in [0.1, 0.15) is 0 Å². The molecule has 0 unspecified atom stereocenters. The van der Waals surface area contributed by atoms with Gasteiger partial charge in [0.25, 0.3) is 0 Å². The fraction of sp³-hybridized carbons (Fsp3) is 1.00. The molecule has 0 aromatic heterocycles. The zero-order valence-corrected chi connectivity index (χ0v) is 4.70. The van der Waals surface area contributed by atoms with Crippen LogP contribution >= 0.6 is 0 Å². The van der Waals surface area contributed by atoms with Gasteiger partial charge in [0.05, 0.1) is 0 Å². The Kier molecular flexibility index (Phi) is 5.12. The fourth-order valence-electron chi connectivity index (χ4n) is 0. The van der Waals surface area contributed by atoms with Gasteiger partial charge < -0.3 is 1.43 Å². The molecular formula is CH5FLiNO2S. The van der Waals surface area contributed by atoms with Gasteiger partial charge >= 0.3 is 18.9 Å². The van der Waals surface area contributed by atoms with E-state index in [2.05, 4.69) is 5.14 Å². The summed E-state index contributed by atoms with van der Waals surface area (Å²) >= 11 is 0. The molecule has 0 spiro atoms. The quantitative estimate of drug-likeness (QED) is 0.363. The second kappa shape index (κ2) is 3.44. The molecule has 0 heterocycles. The maximum atomic E-state index is 10.8. The van der Waals surface area contributed by atoms with Crippen LogP contribution in [-0.2, 0) is 10.0 Å². The Morgan fingerprint density at radius 3 is 1.86 bits per heavy atom.